The van der Waals surface area contributed by atoms with Crippen LogP contribution in [0.4, 0.5) is 0 Å². The molecule has 1 aliphatic rings. The van der Waals surface area contributed by atoms with Crippen molar-refractivity contribution in [1.29, 1.82) is 0 Å². The van der Waals surface area contributed by atoms with E-state index >= 15 is 0 Å². The maximum atomic E-state index is 5.94. The first-order valence-electron chi connectivity index (χ1n) is 7.21. The van der Waals surface area contributed by atoms with E-state index in [1.165, 1.54) is 15.4 Å². The van der Waals surface area contributed by atoms with E-state index in [0.717, 1.165) is 16.7 Å². The van der Waals surface area contributed by atoms with Gasteiger partial charge in [0.2, 0.25) is 0 Å². The lowest BCUT2D eigenvalue weighted by Gasteiger charge is -2.30. The van der Waals surface area contributed by atoms with Crippen molar-refractivity contribution in [2.45, 2.75) is 36.1 Å². The third-order valence-corrected chi connectivity index (χ3v) is 8.51. The van der Waals surface area contributed by atoms with Crippen LogP contribution < -0.4 is 5.73 Å². The van der Waals surface area contributed by atoms with E-state index in [1.807, 2.05) is 6.07 Å². The molecule has 0 saturated carbocycles. The van der Waals surface area contributed by atoms with Gasteiger partial charge in [0.15, 0.2) is 0 Å². The van der Waals surface area contributed by atoms with Crippen molar-refractivity contribution >= 4 is 34.9 Å². The van der Waals surface area contributed by atoms with Crippen LogP contribution in [0.5, 0.6) is 0 Å². The minimum Gasteiger partial charge on any atom is -0.326 e. The third-order valence-electron chi connectivity index (χ3n) is 3.77. The molecule has 3 atom stereocenters. The van der Waals surface area contributed by atoms with Crippen LogP contribution in [0.15, 0.2) is 30.3 Å². The zero-order valence-electron chi connectivity index (χ0n) is 12.3. The molecule has 0 spiro atoms. The lowest BCUT2D eigenvalue weighted by Crippen LogP contribution is -2.21. The normalized spacial score (nSPS) is 26.0. The summed E-state index contributed by atoms with van der Waals surface area (Å²) < 4.78 is 0. The summed E-state index contributed by atoms with van der Waals surface area (Å²) in [7, 11) is 0. The number of nitrogens with two attached hydrogens (primary N) is 1. The molecule has 2 aromatic rings. The van der Waals surface area contributed by atoms with Crippen LogP contribution in [-0.2, 0) is 6.54 Å². The highest BCUT2D eigenvalue weighted by Gasteiger charge is 2.29. The van der Waals surface area contributed by atoms with Gasteiger partial charge in [0, 0.05) is 33.2 Å². The number of rotatable bonds is 3. The highest BCUT2D eigenvalue weighted by atomic mass is 32.2. The molecule has 0 aliphatic carbocycles. The minimum absolute atomic E-state index is 0.508. The molecule has 1 aromatic heterocycles. The fraction of sp³-hybridized carbons (Fsp3) is 0.438. The van der Waals surface area contributed by atoms with Crippen molar-refractivity contribution in [3.63, 3.8) is 0 Å². The topological polar surface area (TPSA) is 38.9 Å². The fourth-order valence-electron chi connectivity index (χ4n) is 2.38. The van der Waals surface area contributed by atoms with Gasteiger partial charge in [-0.2, -0.15) is 11.8 Å². The number of hydrogen-bond donors (Lipinski definition) is 1. The van der Waals surface area contributed by atoms with Gasteiger partial charge in [-0.3, -0.25) is 0 Å². The first kappa shape index (κ1) is 15.4. The molecule has 1 saturated heterocycles. The van der Waals surface area contributed by atoms with Crippen LogP contribution in [0.25, 0.3) is 11.3 Å². The Bertz CT molecular complexity index is 597. The van der Waals surface area contributed by atoms with Gasteiger partial charge >= 0.3 is 0 Å². The molecule has 1 aliphatic heterocycles. The lowest BCUT2D eigenvalue weighted by molar-refractivity contribution is 0.891. The van der Waals surface area contributed by atoms with Crippen LogP contribution in [0.3, 0.4) is 0 Å². The number of benzene rings is 1. The van der Waals surface area contributed by atoms with E-state index in [-0.39, 0.29) is 0 Å². The maximum absolute atomic E-state index is 5.94. The first-order valence-corrected chi connectivity index (χ1v) is 10.0. The molecule has 3 rings (SSSR count). The molecular weight excluding hydrogens is 316 g/mol. The van der Waals surface area contributed by atoms with E-state index < -0.39 is 0 Å². The van der Waals surface area contributed by atoms with Crippen LogP contribution in [-0.4, -0.2) is 21.2 Å². The van der Waals surface area contributed by atoms with Crippen molar-refractivity contribution in [1.82, 2.24) is 4.98 Å². The van der Waals surface area contributed by atoms with Gasteiger partial charge in [0.25, 0.3) is 0 Å². The number of thiazole rings is 1. The van der Waals surface area contributed by atoms with Crippen LogP contribution in [0.1, 0.15) is 29.0 Å². The Morgan fingerprint density at radius 1 is 1.19 bits per heavy atom. The Kier molecular flexibility index (Phi) is 4.94. The van der Waals surface area contributed by atoms with Gasteiger partial charge < -0.3 is 5.73 Å². The molecule has 21 heavy (non-hydrogen) atoms. The molecule has 1 fully saturated rings. The summed E-state index contributed by atoms with van der Waals surface area (Å²) in [6.45, 7) is 5.21. The quantitative estimate of drug-likeness (QED) is 0.891. The standard InChI is InChI=1S/C16H20N2S3/c1-10-11(2)20-14(9-19-10)16-18-15(13(8-17)21-16)12-6-4-3-5-7-12/h3-7,10-11,14H,8-9,17H2,1-2H3. The van der Waals surface area contributed by atoms with Crippen molar-refractivity contribution in [3.8, 4) is 11.3 Å². The van der Waals surface area contributed by atoms with Gasteiger partial charge in [0.05, 0.1) is 10.9 Å². The van der Waals surface area contributed by atoms with E-state index in [1.54, 1.807) is 11.3 Å². The van der Waals surface area contributed by atoms with Crippen LogP contribution in [0.2, 0.25) is 0 Å². The van der Waals surface area contributed by atoms with Gasteiger partial charge in [-0.15, -0.1) is 23.1 Å². The zero-order chi connectivity index (χ0) is 14.8. The SMILES string of the molecule is CC1SCC(c2nc(-c3ccccc3)c(CN)s2)SC1C. The second-order valence-electron chi connectivity index (χ2n) is 5.26. The van der Waals surface area contributed by atoms with E-state index in [2.05, 4.69) is 61.6 Å². The summed E-state index contributed by atoms with van der Waals surface area (Å²) in [5.41, 5.74) is 8.19. The second kappa shape index (κ2) is 6.73. The number of nitrogens with zero attached hydrogens (tertiary/aromatic N) is 1. The van der Waals surface area contributed by atoms with Gasteiger partial charge in [-0.1, -0.05) is 44.2 Å². The lowest BCUT2D eigenvalue weighted by atomic mass is 10.1. The zero-order valence-corrected chi connectivity index (χ0v) is 14.7. The summed E-state index contributed by atoms with van der Waals surface area (Å²) in [6, 6.07) is 10.4. The van der Waals surface area contributed by atoms with Gasteiger partial charge in [0.1, 0.15) is 5.01 Å². The summed E-state index contributed by atoms with van der Waals surface area (Å²) in [5.74, 6) is 1.15. The Morgan fingerprint density at radius 3 is 2.62 bits per heavy atom. The van der Waals surface area contributed by atoms with Crippen LogP contribution >= 0.6 is 34.9 Å². The highest BCUT2D eigenvalue weighted by molar-refractivity contribution is 8.07. The van der Waals surface area contributed by atoms with Crippen molar-refractivity contribution in [3.05, 3.63) is 40.2 Å². The Balaban J connectivity index is 1.90. The predicted octanol–water partition coefficient (Wildman–Crippen LogP) is 4.57. The summed E-state index contributed by atoms with van der Waals surface area (Å²) in [5, 5.41) is 3.16. The average molecular weight is 337 g/mol. The van der Waals surface area contributed by atoms with E-state index in [4.69, 9.17) is 10.7 Å². The molecule has 0 bridgehead atoms. The number of hydrogen-bond acceptors (Lipinski definition) is 5. The molecule has 2 heterocycles. The third kappa shape index (κ3) is 3.31. The van der Waals surface area contributed by atoms with E-state index in [9.17, 15) is 0 Å². The summed E-state index contributed by atoms with van der Waals surface area (Å²) in [6.07, 6.45) is 0. The van der Waals surface area contributed by atoms with Crippen molar-refractivity contribution in [2.75, 3.05) is 5.75 Å². The summed E-state index contributed by atoms with van der Waals surface area (Å²) in [4.78, 5) is 6.14. The second-order valence-corrected chi connectivity index (χ2v) is 9.37. The fourth-order valence-corrected chi connectivity index (χ4v) is 6.54. The monoisotopic (exact) mass is 336 g/mol. The van der Waals surface area contributed by atoms with E-state index in [0.29, 0.717) is 17.0 Å². The molecular formula is C16H20N2S3. The van der Waals surface area contributed by atoms with Crippen LogP contribution in [0, 0.1) is 0 Å². The molecule has 5 heteroatoms. The molecule has 3 unspecified atom stereocenters. The molecule has 2 N–H and O–H groups in total. The Hall–Kier alpha value is -0.490. The highest BCUT2D eigenvalue weighted by Crippen LogP contribution is 2.46. The average Bonchev–Trinajstić information content (AvgIpc) is 2.95. The molecule has 0 amide bonds. The van der Waals surface area contributed by atoms with Crippen molar-refractivity contribution < 1.29 is 0 Å². The van der Waals surface area contributed by atoms with Gasteiger partial charge in [-0.25, -0.2) is 4.98 Å². The molecule has 112 valence electrons. The smallest absolute Gasteiger partial charge is 0.107 e. The first-order chi connectivity index (χ1) is 10.2. The van der Waals surface area contributed by atoms with Crippen molar-refractivity contribution in [2.24, 2.45) is 5.73 Å². The minimum atomic E-state index is 0.508. The molecule has 0 radical (unpaired) electrons. The predicted molar refractivity (Wildman–Crippen MR) is 97.2 cm³/mol. The summed E-state index contributed by atoms with van der Waals surface area (Å²) >= 11 is 5.92. The number of aromatic nitrogens is 1. The number of thioether (sulfide) groups is 2. The Morgan fingerprint density at radius 2 is 1.95 bits per heavy atom. The maximum Gasteiger partial charge on any atom is 0.107 e. The largest absolute Gasteiger partial charge is 0.326 e. The Labute approximate surface area is 138 Å². The van der Waals surface area contributed by atoms with Gasteiger partial charge in [-0.05, 0) is 0 Å². The molecule has 1 aromatic carbocycles. The molecule has 2 nitrogen and oxygen atoms in total.